The number of rotatable bonds is 1. The Labute approximate surface area is 66.5 Å². The van der Waals surface area contributed by atoms with Gasteiger partial charge < -0.3 is 4.74 Å². The Balaban J connectivity index is 4.08. The van der Waals surface area contributed by atoms with E-state index in [4.69, 9.17) is 11.6 Å². The van der Waals surface area contributed by atoms with E-state index in [-0.39, 0.29) is 11.4 Å². The van der Waals surface area contributed by atoms with E-state index in [9.17, 15) is 4.79 Å². The molecule has 0 aromatic carbocycles. The Bertz CT molecular complexity index is 126. The molecule has 0 bridgehead atoms. The molecule has 0 fully saturated rings. The highest BCUT2D eigenvalue weighted by molar-refractivity contribution is 6.30. The number of halogens is 1. The summed E-state index contributed by atoms with van der Waals surface area (Å²) in [4.78, 5) is 10.8. The van der Waals surface area contributed by atoms with Crippen molar-refractivity contribution in [2.24, 2.45) is 5.41 Å². The monoisotopic (exact) mass is 164 g/mol. The molecule has 0 N–H and O–H groups in total. The molecule has 2 nitrogen and oxygen atoms in total. The zero-order valence-electron chi connectivity index (χ0n) is 6.77. The second-order valence-corrected chi connectivity index (χ2v) is 3.69. The Morgan fingerprint density at radius 2 is 1.90 bits per heavy atom. The van der Waals surface area contributed by atoms with Crippen molar-refractivity contribution in [3.63, 3.8) is 0 Å². The number of carbonyl (C=O) groups excluding carboxylic acids is 1. The van der Waals surface area contributed by atoms with Gasteiger partial charge in [0.2, 0.25) is 0 Å². The van der Waals surface area contributed by atoms with Crippen LogP contribution in [0.2, 0.25) is 0 Å². The van der Waals surface area contributed by atoms with Crippen molar-refractivity contribution >= 4 is 17.6 Å². The maximum absolute atomic E-state index is 10.8. The molecule has 3 heteroatoms. The third-order valence-corrected chi connectivity index (χ3v) is 2.00. The molecule has 0 unspecified atom stereocenters. The fourth-order valence-electron chi connectivity index (χ4n) is 0.457. The lowest BCUT2D eigenvalue weighted by atomic mass is 9.92. The van der Waals surface area contributed by atoms with Gasteiger partial charge in [0.15, 0.2) is 0 Å². The number of methoxy groups -OCH3 is 1. The summed E-state index contributed by atoms with van der Waals surface area (Å²) in [6.07, 6.45) is 0. The van der Waals surface area contributed by atoms with Gasteiger partial charge in [0.25, 0.3) is 0 Å². The lowest BCUT2D eigenvalue weighted by molar-refractivity contribution is -0.142. The quantitative estimate of drug-likeness (QED) is 0.437. The van der Waals surface area contributed by atoms with Gasteiger partial charge in [-0.25, -0.2) is 0 Å². The number of hydrogen-bond acceptors (Lipinski definition) is 2. The zero-order valence-corrected chi connectivity index (χ0v) is 7.53. The van der Waals surface area contributed by atoms with Gasteiger partial charge in [-0.15, -0.1) is 11.6 Å². The van der Waals surface area contributed by atoms with Gasteiger partial charge in [-0.2, -0.15) is 0 Å². The van der Waals surface area contributed by atoms with Crippen molar-refractivity contribution in [2.45, 2.75) is 26.1 Å². The minimum atomic E-state index is -0.558. The zero-order chi connectivity index (χ0) is 8.36. The Kier molecular flexibility index (Phi) is 3.16. The van der Waals surface area contributed by atoms with Crippen LogP contribution in [0.15, 0.2) is 0 Å². The first-order valence-electron chi connectivity index (χ1n) is 3.11. The molecule has 1 atom stereocenters. The van der Waals surface area contributed by atoms with Gasteiger partial charge in [0, 0.05) is 0 Å². The van der Waals surface area contributed by atoms with Gasteiger partial charge in [0.1, 0.15) is 5.38 Å². The number of ether oxygens (including phenoxy) is 1. The number of hydrogen-bond donors (Lipinski definition) is 0. The maximum Gasteiger partial charge on any atom is 0.324 e. The highest BCUT2D eigenvalue weighted by Crippen LogP contribution is 2.24. The summed E-state index contributed by atoms with van der Waals surface area (Å²) in [6.45, 7) is 5.67. The van der Waals surface area contributed by atoms with Crippen LogP contribution in [0.4, 0.5) is 0 Å². The second-order valence-electron chi connectivity index (χ2n) is 3.25. The van der Waals surface area contributed by atoms with Crippen molar-refractivity contribution in [3.05, 3.63) is 0 Å². The second kappa shape index (κ2) is 3.24. The first-order valence-corrected chi connectivity index (χ1v) is 3.55. The average molecular weight is 165 g/mol. The van der Waals surface area contributed by atoms with Crippen molar-refractivity contribution in [1.82, 2.24) is 0 Å². The SMILES string of the molecule is COC(=O)[C@H](Cl)C(C)(C)C. The van der Waals surface area contributed by atoms with E-state index in [2.05, 4.69) is 4.74 Å². The molecule has 0 radical (unpaired) electrons. The van der Waals surface area contributed by atoms with Crippen LogP contribution in [-0.4, -0.2) is 18.5 Å². The van der Waals surface area contributed by atoms with Crippen LogP contribution < -0.4 is 0 Å². The predicted molar refractivity (Wildman–Crippen MR) is 41.1 cm³/mol. The first-order chi connectivity index (χ1) is 4.39. The van der Waals surface area contributed by atoms with Crippen LogP contribution in [-0.2, 0) is 9.53 Å². The third kappa shape index (κ3) is 2.56. The third-order valence-electron chi connectivity index (χ3n) is 1.17. The van der Waals surface area contributed by atoms with E-state index >= 15 is 0 Å². The molecule has 0 spiro atoms. The molecule has 10 heavy (non-hydrogen) atoms. The lowest BCUT2D eigenvalue weighted by Crippen LogP contribution is -2.30. The van der Waals surface area contributed by atoms with Crippen molar-refractivity contribution in [1.29, 1.82) is 0 Å². The van der Waals surface area contributed by atoms with E-state index in [1.165, 1.54) is 7.11 Å². The Hall–Kier alpha value is -0.240. The van der Waals surface area contributed by atoms with E-state index in [0.29, 0.717) is 0 Å². The predicted octanol–water partition coefficient (Wildman–Crippen LogP) is 1.81. The Morgan fingerprint density at radius 3 is 2.00 bits per heavy atom. The summed E-state index contributed by atoms with van der Waals surface area (Å²) in [6, 6.07) is 0. The Morgan fingerprint density at radius 1 is 1.50 bits per heavy atom. The molecule has 0 heterocycles. The van der Waals surface area contributed by atoms with E-state index < -0.39 is 5.38 Å². The minimum Gasteiger partial charge on any atom is -0.468 e. The van der Waals surface area contributed by atoms with Crippen LogP contribution in [0.25, 0.3) is 0 Å². The van der Waals surface area contributed by atoms with Gasteiger partial charge in [-0.1, -0.05) is 20.8 Å². The van der Waals surface area contributed by atoms with Crippen LogP contribution in [0.1, 0.15) is 20.8 Å². The average Bonchev–Trinajstić information content (AvgIpc) is 1.83. The van der Waals surface area contributed by atoms with Crippen molar-refractivity contribution in [3.8, 4) is 0 Å². The summed E-state index contributed by atoms with van der Waals surface area (Å²) < 4.78 is 4.47. The molecule has 0 aliphatic heterocycles. The highest BCUT2D eigenvalue weighted by atomic mass is 35.5. The van der Waals surface area contributed by atoms with Crippen LogP contribution >= 0.6 is 11.6 Å². The molecule has 0 rings (SSSR count). The summed E-state index contributed by atoms with van der Waals surface area (Å²) in [5.74, 6) is -0.367. The first kappa shape index (κ1) is 9.76. The molecule has 60 valence electrons. The van der Waals surface area contributed by atoms with Gasteiger partial charge in [-0.3, -0.25) is 4.79 Å². The van der Waals surface area contributed by atoms with Gasteiger partial charge in [-0.05, 0) is 5.41 Å². The largest absolute Gasteiger partial charge is 0.468 e. The van der Waals surface area contributed by atoms with Crippen LogP contribution in [0.3, 0.4) is 0 Å². The van der Waals surface area contributed by atoms with Crippen LogP contribution in [0, 0.1) is 5.41 Å². The number of esters is 1. The van der Waals surface area contributed by atoms with E-state index in [1.807, 2.05) is 20.8 Å². The maximum atomic E-state index is 10.8. The molecule has 0 aromatic heterocycles. The smallest absolute Gasteiger partial charge is 0.324 e. The van der Waals surface area contributed by atoms with Crippen LogP contribution in [0.5, 0.6) is 0 Å². The highest BCUT2D eigenvalue weighted by Gasteiger charge is 2.29. The lowest BCUT2D eigenvalue weighted by Gasteiger charge is -2.22. The normalized spacial score (nSPS) is 14.5. The fourth-order valence-corrected chi connectivity index (χ4v) is 0.546. The van der Waals surface area contributed by atoms with E-state index in [1.54, 1.807) is 0 Å². The standard InChI is InChI=1S/C7H13ClO2/c1-7(2,3)5(8)6(9)10-4/h5H,1-4H3/t5-/m0/s1. The molecule has 0 amide bonds. The topological polar surface area (TPSA) is 26.3 Å². The molecule has 0 aliphatic carbocycles. The van der Waals surface area contributed by atoms with Gasteiger partial charge >= 0.3 is 5.97 Å². The molecular formula is C7H13ClO2. The summed E-state index contributed by atoms with van der Waals surface area (Å²) in [5.41, 5.74) is -0.228. The fraction of sp³-hybridized carbons (Fsp3) is 0.857. The number of carbonyl (C=O) groups is 1. The van der Waals surface area contributed by atoms with Crippen molar-refractivity contribution < 1.29 is 9.53 Å². The van der Waals surface area contributed by atoms with E-state index in [0.717, 1.165) is 0 Å². The summed E-state index contributed by atoms with van der Waals surface area (Å²) >= 11 is 5.73. The van der Waals surface area contributed by atoms with Crippen molar-refractivity contribution in [2.75, 3.05) is 7.11 Å². The van der Waals surface area contributed by atoms with Gasteiger partial charge in [0.05, 0.1) is 7.11 Å². The molecule has 0 aromatic rings. The molecule has 0 saturated heterocycles. The molecule has 0 saturated carbocycles. The molecule has 0 aliphatic rings. The minimum absolute atomic E-state index is 0.228. The summed E-state index contributed by atoms with van der Waals surface area (Å²) in [5, 5.41) is -0.558. The summed E-state index contributed by atoms with van der Waals surface area (Å²) in [7, 11) is 1.34. The number of alkyl halides is 1. The molecular weight excluding hydrogens is 152 g/mol.